The third-order valence-electron chi connectivity index (χ3n) is 3.60. The lowest BCUT2D eigenvalue weighted by Crippen LogP contribution is -2.10. The van der Waals surface area contributed by atoms with E-state index in [4.69, 9.17) is 0 Å². The zero-order valence-electron chi connectivity index (χ0n) is 13.7. The van der Waals surface area contributed by atoms with Crippen LogP contribution in [0, 0.1) is 18.6 Å². The van der Waals surface area contributed by atoms with E-state index in [0.717, 1.165) is 12.1 Å². The van der Waals surface area contributed by atoms with Crippen molar-refractivity contribution in [2.45, 2.75) is 6.92 Å². The second-order valence-corrected chi connectivity index (χ2v) is 5.38. The standard InChI is InChI=1S/C15H13F2N9/c1-7-20-13(18-2)24-14(21-7)26-11-6-9(17)8(16)5-10(11)22-15(26)23-12-3-4-19-25-12/h3-6H,1-2H3,(H,18,20,21,24)(H2,19,22,23,25). The highest BCUT2D eigenvalue weighted by Crippen LogP contribution is 2.27. The number of imidazole rings is 1. The first-order valence-electron chi connectivity index (χ1n) is 7.60. The minimum absolute atomic E-state index is 0.206. The van der Waals surface area contributed by atoms with E-state index < -0.39 is 11.6 Å². The maximum atomic E-state index is 13.8. The van der Waals surface area contributed by atoms with E-state index in [1.165, 1.54) is 4.57 Å². The van der Waals surface area contributed by atoms with Crippen LogP contribution in [0.1, 0.15) is 5.82 Å². The number of halogens is 2. The van der Waals surface area contributed by atoms with Gasteiger partial charge in [0.1, 0.15) is 11.6 Å². The Labute approximate surface area is 145 Å². The van der Waals surface area contributed by atoms with Crippen LogP contribution in [0.4, 0.5) is 26.5 Å². The lowest BCUT2D eigenvalue weighted by Gasteiger charge is -2.10. The van der Waals surface area contributed by atoms with Gasteiger partial charge in [0.15, 0.2) is 11.6 Å². The van der Waals surface area contributed by atoms with Gasteiger partial charge in [-0.05, 0) is 6.92 Å². The fourth-order valence-electron chi connectivity index (χ4n) is 2.48. The predicted molar refractivity (Wildman–Crippen MR) is 90.5 cm³/mol. The van der Waals surface area contributed by atoms with Gasteiger partial charge in [0, 0.05) is 25.2 Å². The molecule has 4 aromatic rings. The molecular formula is C15H13F2N9. The second kappa shape index (κ2) is 6.02. The van der Waals surface area contributed by atoms with Gasteiger partial charge in [0.2, 0.25) is 17.8 Å². The van der Waals surface area contributed by atoms with Gasteiger partial charge in [-0.2, -0.15) is 20.1 Å². The van der Waals surface area contributed by atoms with E-state index in [1.807, 2.05) is 0 Å². The average Bonchev–Trinajstić information content (AvgIpc) is 3.23. The van der Waals surface area contributed by atoms with Crippen molar-refractivity contribution in [1.29, 1.82) is 0 Å². The number of aryl methyl sites for hydroxylation is 1. The van der Waals surface area contributed by atoms with Crippen LogP contribution in [-0.4, -0.2) is 41.7 Å². The molecule has 3 aromatic heterocycles. The van der Waals surface area contributed by atoms with Gasteiger partial charge in [-0.25, -0.2) is 18.3 Å². The molecule has 0 aliphatic carbocycles. The molecule has 132 valence electrons. The number of fused-ring (bicyclic) bond motifs is 1. The van der Waals surface area contributed by atoms with Gasteiger partial charge >= 0.3 is 0 Å². The minimum atomic E-state index is -0.994. The number of aromatic nitrogens is 7. The number of anilines is 3. The van der Waals surface area contributed by atoms with Gasteiger partial charge in [0.05, 0.1) is 17.2 Å². The van der Waals surface area contributed by atoms with E-state index >= 15 is 0 Å². The summed E-state index contributed by atoms with van der Waals surface area (Å²) in [4.78, 5) is 17.1. The highest BCUT2D eigenvalue weighted by atomic mass is 19.2. The number of H-pyrrole nitrogens is 1. The molecule has 0 aliphatic heterocycles. The van der Waals surface area contributed by atoms with Crippen LogP contribution in [0.5, 0.6) is 0 Å². The van der Waals surface area contributed by atoms with Crippen molar-refractivity contribution in [1.82, 2.24) is 34.7 Å². The van der Waals surface area contributed by atoms with E-state index in [0.29, 0.717) is 23.1 Å². The Hall–Kier alpha value is -3.63. The summed E-state index contributed by atoms with van der Waals surface area (Å²) in [6, 6.07) is 3.75. The fourth-order valence-corrected chi connectivity index (χ4v) is 2.48. The summed E-state index contributed by atoms with van der Waals surface area (Å²) < 4.78 is 29.0. The first kappa shape index (κ1) is 15.9. The molecular weight excluding hydrogens is 344 g/mol. The topological polar surface area (TPSA) is 109 Å². The first-order valence-corrected chi connectivity index (χ1v) is 7.60. The minimum Gasteiger partial charge on any atom is -0.357 e. The van der Waals surface area contributed by atoms with Crippen molar-refractivity contribution in [2.75, 3.05) is 17.7 Å². The largest absolute Gasteiger partial charge is 0.357 e. The molecule has 0 bridgehead atoms. The molecule has 0 spiro atoms. The third-order valence-corrected chi connectivity index (χ3v) is 3.60. The molecule has 0 saturated heterocycles. The molecule has 0 fully saturated rings. The van der Waals surface area contributed by atoms with E-state index in [9.17, 15) is 8.78 Å². The number of rotatable bonds is 4. The highest BCUT2D eigenvalue weighted by molar-refractivity contribution is 5.81. The SMILES string of the molecule is CNc1nc(C)nc(-n2c(Nc3ccn[nH]3)nc3cc(F)c(F)cc32)n1. The molecule has 3 heterocycles. The van der Waals surface area contributed by atoms with Crippen LogP contribution in [-0.2, 0) is 0 Å². The molecule has 3 N–H and O–H groups in total. The molecule has 26 heavy (non-hydrogen) atoms. The summed E-state index contributed by atoms with van der Waals surface area (Å²) in [5.74, 6) is -0.175. The van der Waals surface area contributed by atoms with Crippen molar-refractivity contribution < 1.29 is 8.78 Å². The van der Waals surface area contributed by atoms with Gasteiger partial charge in [-0.1, -0.05) is 0 Å². The third kappa shape index (κ3) is 2.68. The summed E-state index contributed by atoms with van der Waals surface area (Å²) in [6.45, 7) is 1.70. The lowest BCUT2D eigenvalue weighted by atomic mass is 10.3. The highest BCUT2D eigenvalue weighted by Gasteiger charge is 2.19. The van der Waals surface area contributed by atoms with Crippen LogP contribution < -0.4 is 10.6 Å². The number of hydrogen-bond acceptors (Lipinski definition) is 7. The van der Waals surface area contributed by atoms with Gasteiger partial charge in [-0.3, -0.25) is 5.10 Å². The summed E-state index contributed by atoms with van der Waals surface area (Å²) in [6.07, 6.45) is 1.56. The van der Waals surface area contributed by atoms with Crippen LogP contribution in [0.15, 0.2) is 24.4 Å². The summed E-state index contributed by atoms with van der Waals surface area (Å²) in [5.41, 5.74) is 0.550. The molecule has 0 amide bonds. The molecule has 0 unspecified atom stereocenters. The van der Waals surface area contributed by atoms with Crippen molar-refractivity contribution in [3.05, 3.63) is 41.9 Å². The second-order valence-electron chi connectivity index (χ2n) is 5.38. The lowest BCUT2D eigenvalue weighted by molar-refractivity contribution is 0.510. The number of aromatic amines is 1. The first-order chi connectivity index (χ1) is 12.5. The van der Waals surface area contributed by atoms with Gasteiger partial charge in [0.25, 0.3) is 0 Å². The molecule has 1 aromatic carbocycles. The summed E-state index contributed by atoms with van der Waals surface area (Å²) >= 11 is 0. The fraction of sp³-hybridized carbons (Fsp3) is 0.133. The molecule has 4 rings (SSSR count). The van der Waals surface area contributed by atoms with E-state index in [-0.39, 0.29) is 17.4 Å². The smallest absolute Gasteiger partial charge is 0.242 e. The molecule has 11 heteroatoms. The van der Waals surface area contributed by atoms with Crippen LogP contribution in [0.3, 0.4) is 0 Å². The van der Waals surface area contributed by atoms with Gasteiger partial charge < -0.3 is 10.6 Å². The Morgan fingerprint density at radius 2 is 1.88 bits per heavy atom. The average molecular weight is 357 g/mol. The van der Waals surface area contributed by atoms with Gasteiger partial charge in [-0.15, -0.1) is 0 Å². The summed E-state index contributed by atoms with van der Waals surface area (Å²) in [7, 11) is 1.67. The van der Waals surface area contributed by atoms with Crippen molar-refractivity contribution in [3.8, 4) is 5.95 Å². The van der Waals surface area contributed by atoms with Crippen LogP contribution in [0.2, 0.25) is 0 Å². The zero-order valence-corrected chi connectivity index (χ0v) is 13.7. The Morgan fingerprint density at radius 3 is 2.62 bits per heavy atom. The number of nitrogens with one attached hydrogen (secondary N) is 3. The predicted octanol–water partition coefficient (Wildman–Crippen LogP) is 2.31. The summed E-state index contributed by atoms with van der Waals surface area (Å²) in [5, 5.41) is 12.4. The maximum absolute atomic E-state index is 13.8. The zero-order chi connectivity index (χ0) is 18.3. The Bertz CT molecular complexity index is 1090. The number of nitrogens with zero attached hydrogens (tertiary/aromatic N) is 6. The number of hydrogen-bond donors (Lipinski definition) is 3. The molecule has 0 radical (unpaired) electrons. The Kier molecular flexibility index (Phi) is 3.68. The quantitative estimate of drug-likeness (QED) is 0.514. The monoisotopic (exact) mass is 357 g/mol. The van der Waals surface area contributed by atoms with Crippen LogP contribution >= 0.6 is 0 Å². The molecule has 9 nitrogen and oxygen atoms in total. The van der Waals surface area contributed by atoms with Crippen LogP contribution in [0.25, 0.3) is 17.0 Å². The number of benzene rings is 1. The Morgan fingerprint density at radius 1 is 1.08 bits per heavy atom. The van der Waals surface area contributed by atoms with Crippen molar-refractivity contribution >= 4 is 28.7 Å². The van der Waals surface area contributed by atoms with E-state index in [1.54, 1.807) is 26.2 Å². The van der Waals surface area contributed by atoms with Crippen molar-refractivity contribution in [2.24, 2.45) is 0 Å². The van der Waals surface area contributed by atoms with Crippen molar-refractivity contribution in [3.63, 3.8) is 0 Å². The Balaban J connectivity index is 1.98. The molecule has 0 atom stereocenters. The normalized spacial score (nSPS) is 11.1. The molecule has 0 saturated carbocycles. The maximum Gasteiger partial charge on any atom is 0.242 e. The van der Waals surface area contributed by atoms with E-state index in [2.05, 4.69) is 40.8 Å². The molecule has 0 aliphatic rings.